The molecule has 1 aliphatic heterocycles. The predicted octanol–water partition coefficient (Wildman–Crippen LogP) is 1.36. The van der Waals surface area contributed by atoms with Crippen LogP contribution in [0, 0.1) is 11.3 Å². The summed E-state index contributed by atoms with van der Waals surface area (Å²) >= 11 is 1.37. The van der Waals surface area contributed by atoms with Crippen LogP contribution in [0.5, 0.6) is 0 Å². The van der Waals surface area contributed by atoms with Gasteiger partial charge in [-0.05, 0) is 5.56 Å². The molecule has 1 aliphatic carbocycles. The SMILES string of the molecule is Cl.N#Cc1c(N)sc2c1C1(CNC1)C(F)C2. The molecule has 0 amide bonds. The topological polar surface area (TPSA) is 61.8 Å². The molecule has 3 rings (SSSR count). The summed E-state index contributed by atoms with van der Waals surface area (Å²) in [7, 11) is 0. The van der Waals surface area contributed by atoms with Crippen molar-refractivity contribution in [3.63, 3.8) is 0 Å². The number of thiophene rings is 1. The van der Waals surface area contributed by atoms with E-state index in [-0.39, 0.29) is 12.4 Å². The first-order chi connectivity index (χ1) is 7.19. The van der Waals surface area contributed by atoms with Crippen LogP contribution in [0.2, 0.25) is 0 Å². The largest absolute Gasteiger partial charge is 0.389 e. The zero-order chi connectivity index (χ0) is 10.6. The Kier molecular flexibility index (Phi) is 2.61. The summed E-state index contributed by atoms with van der Waals surface area (Å²) in [6.45, 7) is 1.26. The molecule has 3 N–H and O–H groups in total. The van der Waals surface area contributed by atoms with Crippen LogP contribution in [0.3, 0.4) is 0 Å². The minimum absolute atomic E-state index is 0. The van der Waals surface area contributed by atoms with Gasteiger partial charge in [0.15, 0.2) is 0 Å². The summed E-state index contributed by atoms with van der Waals surface area (Å²) in [5, 5.41) is 12.7. The third-order valence-corrected chi connectivity index (χ3v) is 4.50. The number of nitriles is 1. The standard InChI is InChI=1S/C10H10FN3S.ClH/c11-7-1-6-8(10(7)3-14-4-10)5(2-12)9(13)15-6;/h7,14H,1,3-4,13H2;1H. The molecule has 0 saturated carbocycles. The molecule has 0 bridgehead atoms. The maximum absolute atomic E-state index is 13.9. The molecular formula is C10H11ClFN3S. The lowest BCUT2D eigenvalue weighted by Gasteiger charge is -2.41. The van der Waals surface area contributed by atoms with Gasteiger partial charge in [-0.25, -0.2) is 4.39 Å². The van der Waals surface area contributed by atoms with Gasteiger partial charge >= 0.3 is 0 Å². The minimum Gasteiger partial charge on any atom is -0.389 e. The number of anilines is 1. The number of hydrogen-bond acceptors (Lipinski definition) is 4. The number of nitrogens with two attached hydrogens (primary N) is 1. The Labute approximate surface area is 103 Å². The molecule has 2 aliphatic rings. The first-order valence-corrected chi connectivity index (χ1v) is 5.67. The molecule has 1 unspecified atom stereocenters. The fourth-order valence-electron chi connectivity index (χ4n) is 2.59. The van der Waals surface area contributed by atoms with Gasteiger partial charge in [0.05, 0.1) is 11.0 Å². The number of nitrogen functional groups attached to an aromatic ring is 1. The zero-order valence-corrected chi connectivity index (χ0v) is 10.1. The van der Waals surface area contributed by atoms with Crippen LogP contribution in [0.1, 0.15) is 16.0 Å². The predicted molar refractivity (Wildman–Crippen MR) is 63.8 cm³/mol. The van der Waals surface area contributed by atoms with Crippen LogP contribution in [-0.2, 0) is 11.8 Å². The van der Waals surface area contributed by atoms with Gasteiger partial charge in [-0.15, -0.1) is 23.7 Å². The molecule has 1 saturated heterocycles. The summed E-state index contributed by atoms with van der Waals surface area (Å²) in [5.41, 5.74) is 6.71. The number of halogens is 2. The van der Waals surface area contributed by atoms with E-state index in [2.05, 4.69) is 11.4 Å². The Bertz CT molecular complexity index is 475. The fraction of sp³-hybridized carbons (Fsp3) is 0.500. The highest BCUT2D eigenvalue weighted by molar-refractivity contribution is 7.16. The summed E-state index contributed by atoms with van der Waals surface area (Å²) in [6.07, 6.45) is -0.430. The first kappa shape index (κ1) is 11.6. The van der Waals surface area contributed by atoms with E-state index >= 15 is 0 Å². The van der Waals surface area contributed by atoms with Crippen molar-refractivity contribution < 1.29 is 4.39 Å². The lowest BCUT2D eigenvalue weighted by molar-refractivity contribution is 0.141. The first-order valence-electron chi connectivity index (χ1n) is 4.85. The Morgan fingerprint density at radius 1 is 1.56 bits per heavy atom. The van der Waals surface area contributed by atoms with Gasteiger partial charge in [-0.1, -0.05) is 0 Å². The van der Waals surface area contributed by atoms with Crippen molar-refractivity contribution in [1.82, 2.24) is 5.32 Å². The van der Waals surface area contributed by atoms with Crippen molar-refractivity contribution in [1.29, 1.82) is 5.26 Å². The van der Waals surface area contributed by atoms with Crippen molar-refractivity contribution >= 4 is 28.7 Å². The average molecular weight is 260 g/mol. The van der Waals surface area contributed by atoms with E-state index in [0.717, 1.165) is 10.4 Å². The number of fused-ring (bicyclic) bond motifs is 2. The van der Waals surface area contributed by atoms with E-state index in [1.807, 2.05) is 0 Å². The average Bonchev–Trinajstić information content (AvgIpc) is 2.54. The van der Waals surface area contributed by atoms with Crippen molar-refractivity contribution in [3.05, 3.63) is 16.0 Å². The quantitative estimate of drug-likeness (QED) is 0.740. The second-order valence-corrected chi connectivity index (χ2v) is 5.32. The highest BCUT2D eigenvalue weighted by Gasteiger charge is 2.54. The highest BCUT2D eigenvalue weighted by atomic mass is 35.5. The van der Waals surface area contributed by atoms with Crippen molar-refractivity contribution in [3.8, 4) is 6.07 Å². The minimum atomic E-state index is -0.854. The lowest BCUT2D eigenvalue weighted by Crippen LogP contribution is -2.60. The Balaban J connectivity index is 0.000000963. The molecule has 1 fully saturated rings. The fourth-order valence-corrected chi connectivity index (χ4v) is 3.74. The van der Waals surface area contributed by atoms with Crippen molar-refractivity contribution in [2.45, 2.75) is 18.0 Å². The van der Waals surface area contributed by atoms with Crippen LogP contribution in [-0.4, -0.2) is 19.3 Å². The number of hydrogen-bond donors (Lipinski definition) is 2. The Hall–Kier alpha value is -0.830. The monoisotopic (exact) mass is 259 g/mol. The van der Waals surface area contributed by atoms with Crippen LogP contribution >= 0.6 is 23.7 Å². The van der Waals surface area contributed by atoms with Crippen molar-refractivity contribution in [2.24, 2.45) is 0 Å². The third-order valence-electron chi connectivity index (χ3n) is 3.46. The van der Waals surface area contributed by atoms with Crippen LogP contribution in [0.15, 0.2) is 0 Å². The molecule has 6 heteroatoms. The second kappa shape index (κ2) is 3.59. The molecule has 1 spiro atoms. The Morgan fingerprint density at radius 2 is 2.25 bits per heavy atom. The zero-order valence-electron chi connectivity index (χ0n) is 8.42. The smallest absolute Gasteiger partial charge is 0.117 e. The molecule has 1 aromatic rings. The van der Waals surface area contributed by atoms with Gasteiger partial charge in [-0.2, -0.15) is 5.26 Å². The van der Waals surface area contributed by atoms with Gasteiger partial charge in [0.2, 0.25) is 0 Å². The summed E-state index contributed by atoms with van der Waals surface area (Å²) < 4.78 is 13.9. The lowest BCUT2D eigenvalue weighted by atomic mass is 9.74. The van der Waals surface area contributed by atoms with Gasteiger partial charge in [0, 0.05) is 24.4 Å². The maximum Gasteiger partial charge on any atom is 0.117 e. The van der Waals surface area contributed by atoms with Crippen LogP contribution < -0.4 is 11.1 Å². The maximum atomic E-state index is 13.9. The summed E-state index contributed by atoms with van der Waals surface area (Å²) in [5.74, 6) is 0. The molecule has 2 heterocycles. The number of nitrogens with zero attached hydrogens (tertiary/aromatic N) is 1. The summed E-state index contributed by atoms with van der Waals surface area (Å²) in [6, 6.07) is 2.11. The van der Waals surface area contributed by atoms with E-state index in [1.165, 1.54) is 11.3 Å². The molecule has 0 radical (unpaired) electrons. The molecule has 3 nitrogen and oxygen atoms in total. The number of alkyl halides is 1. The highest BCUT2D eigenvalue weighted by Crippen LogP contribution is 2.50. The molecule has 1 aromatic heterocycles. The van der Waals surface area contributed by atoms with E-state index in [9.17, 15) is 4.39 Å². The van der Waals surface area contributed by atoms with Gasteiger partial charge in [0.1, 0.15) is 17.2 Å². The normalized spacial score (nSPS) is 24.4. The number of rotatable bonds is 0. The van der Waals surface area contributed by atoms with Crippen LogP contribution in [0.25, 0.3) is 0 Å². The third kappa shape index (κ3) is 1.15. The Morgan fingerprint density at radius 3 is 2.75 bits per heavy atom. The van der Waals surface area contributed by atoms with Gasteiger partial charge in [0.25, 0.3) is 0 Å². The van der Waals surface area contributed by atoms with Gasteiger partial charge in [-0.3, -0.25) is 0 Å². The van der Waals surface area contributed by atoms with E-state index in [4.69, 9.17) is 11.0 Å². The summed E-state index contributed by atoms with van der Waals surface area (Å²) in [4.78, 5) is 0.970. The molecule has 0 aromatic carbocycles. The van der Waals surface area contributed by atoms with E-state index in [0.29, 0.717) is 30.1 Å². The molecule has 86 valence electrons. The van der Waals surface area contributed by atoms with E-state index in [1.54, 1.807) is 0 Å². The van der Waals surface area contributed by atoms with Crippen LogP contribution in [0.4, 0.5) is 9.39 Å². The van der Waals surface area contributed by atoms with Crippen molar-refractivity contribution in [2.75, 3.05) is 18.8 Å². The second-order valence-electron chi connectivity index (χ2n) is 4.18. The molecule has 1 atom stereocenters. The van der Waals surface area contributed by atoms with E-state index < -0.39 is 11.6 Å². The number of nitrogens with one attached hydrogen (secondary N) is 1. The molecular weight excluding hydrogens is 249 g/mol. The van der Waals surface area contributed by atoms with Gasteiger partial charge < -0.3 is 11.1 Å². The molecule has 16 heavy (non-hydrogen) atoms.